The number of amides is 1. The van der Waals surface area contributed by atoms with Crippen LogP contribution in [0.2, 0.25) is 5.02 Å². The molecule has 0 saturated carbocycles. The highest BCUT2D eigenvalue weighted by molar-refractivity contribution is 7.92. The molecule has 2 aromatic rings. The molecule has 2 N–H and O–H groups in total. The first kappa shape index (κ1) is 22.2. The predicted octanol–water partition coefficient (Wildman–Crippen LogP) is 3.08. The van der Waals surface area contributed by atoms with Gasteiger partial charge in [0.25, 0.3) is 10.0 Å². The molecule has 0 saturated heterocycles. The van der Waals surface area contributed by atoms with Crippen LogP contribution in [0.5, 0.6) is 5.75 Å². The summed E-state index contributed by atoms with van der Waals surface area (Å²) < 4.78 is 71.1. The van der Waals surface area contributed by atoms with Crippen molar-refractivity contribution in [3.8, 4) is 5.75 Å². The molecule has 0 bridgehead atoms. The maximum atomic E-state index is 12.9. The van der Waals surface area contributed by atoms with Gasteiger partial charge in [0.15, 0.2) is 0 Å². The molecule has 30 heavy (non-hydrogen) atoms. The lowest BCUT2D eigenvalue weighted by molar-refractivity contribution is -0.174. The number of anilines is 1. The number of hydrogen-bond donors (Lipinski definition) is 2. The molecule has 1 aromatic heterocycles. The van der Waals surface area contributed by atoms with Crippen LogP contribution in [0.25, 0.3) is 0 Å². The lowest BCUT2D eigenvalue weighted by atomic mass is 9.87. The zero-order chi connectivity index (χ0) is 22.1. The van der Waals surface area contributed by atoms with Crippen LogP contribution in [-0.2, 0) is 27.7 Å². The molecule has 0 unspecified atom stereocenters. The number of nitrogens with zero attached hydrogens (tertiary/aromatic N) is 1. The SMILES string of the molecule is COc1ccc(S(=O)(=O)Nc2ccc(Cl)cn2)c2c1C[C@@H](NC(=O)C(F)(F)F)CC2. The quantitative estimate of drug-likeness (QED) is 0.710. The molecule has 1 atom stereocenters. The first-order valence-corrected chi connectivity index (χ1v) is 10.6. The lowest BCUT2D eigenvalue weighted by Crippen LogP contribution is -2.45. The number of benzene rings is 1. The Balaban J connectivity index is 1.91. The summed E-state index contributed by atoms with van der Waals surface area (Å²) in [6, 6.07) is 4.87. The monoisotopic (exact) mass is 463 g/mol. The maximum absolute atomic E-state index is 12.9. The Hall–Kier alpha value is -2.53. The lowest BCUT2D eigenvalue weighted by Gasteiger charge is -2.28. The number of pyridine rings is 1. The molecule has 1 heterocycles. The van der Waals surface area contributed by atoms with Crippen molar-refractivity contribution >= 4 is 33.3 Å². The van der Waals surface area contributed by atoms with E-state index in [1.807, 2.05) is 5.32 Å². The first-order valence-electron chi connectivity index (χ1n) is 8.72. The van der Waals surface area contributed by atoms with Crippen molar-refractivity contribution in [3.63, 3.8) is 0 Å². The van der Waals surface area contributed by atoms with E-state index >= 15 is 0 Å². The fraction of sp³-hybridized carbons (Fsp3) is 0.333. The molecule has 7 nitrogen and oxygen atoms in total. The summed E-state index contributed by atoms with van der Waals surface area (Å²) in [5, 5.41) is 2.29. The highest BCUT2D eigenvalue weighted by Gasteiger charge is 2.40. The largest absolute Gasteiger partial charge is 0.496 e. The number of rotatable bonds is 5. The van der Waals surface area contributed by atoms with Gasteiger partial charge in [0, 0.05) is 17.8 Å². The van der Waals surface area contributed by atoms with E-state index in [9.17, 15) is 26.4 Å². The molecule has 162 valence electrons. The first-order chi connectivity index (χ1) is 14.0. The van der Waals surface area contributed by atoms with Gasteiger partial charge in [-0.25, -0.2) is 13.4 Å². The van der Waals surface area contributed by atoms with Crippen LogP contribution in [-0.4, -0.2) is 38.6 Å². The average Bonchev–Trinajstić information content (AvgIpc) is 2.67. The normalized spacial score (nSPS) is 16.5. The van der Waals surface area contributed by atoms with E-state index < -0.39 is 28.1 Å². The Labute approximate surface area is 175 Å². The summed E-state index contributed by atoms with van der Waals surface area (Å²) in [6.45, 7) is 0. The number of hydrogen-bond acceptors (Lipinski definition) is 5. The zero-order valence-corrected chi connectivity index (χ0v) is 17.2. The third-order valence-electron chi connectivity index (χ3n) is 4.61. The van der Waals surface area contributed by atoms with Crippen molar-refractivity contribution in [1.29, 1.82) is 0 Å². The van der Waals surface area contributed by atoms with E-state index in [2.05, 4.69) is 9.71 Å². The van der Waals surface area contributed by atoms with Gasteiger partial charge >= 0.3 is 12.1 Å². The van der Waals surface area contributed by atoms with Gasteiger partial charge in [-0.3, -0.25) is 9.52 Å². The molecule has 0 radical (unpaired) electrons. The Kier molecular flexibility index (Phi) is 6.14. The molecule has 3 rings (SSSR count). The number of halogens is 4. The number of nitrogens with one attached hydrogen (secondary N) is 2. The topological polar surface area (TPSA) is 97.4 Å². The zero-order valence-electron chi connectivity index (χ0n) is 15.6. The van der Waals surface area contributed by atoms with Crippen molar-refractivity contribution in [3.05, 3.63) is 46.6 Å². The summed E-state index contributed by atoms with van der Waals surface area (Å²) in [7, 11) is -2.66. The van der Waals surface area contributed by atoms with Crippen molar-refractivity contribution in [2.75, 3.05) is 11.8 Å². The third kappa shape index (κ3) is 4.78. The minimum atomic E-state index is -4.99. The molecular formula is C18H17ClF3N3O4S. The minimum Gasteiger partial charge on any atom is -0.496 e. The van der Waals surface area contributed by atoms with Gasteiger partial charge in [-0.05, 0) is 49.1 Å². The summed E-state index contributed by atoms with van der Waals surface area (Å²) in [5.74, 6) is -1.64. The fourth-order valence-electron chi connectivity index (χ4n) is 3.28. The van der Waals surface area contributed by atoms with Gasteiger partial charge in [0.1, 0.15) is 11.6 Å². The third-order valence-corrected chi connectivity index (χ3v) is 6.27. The number of fused-ring (bicyclic) bond motifs is 1. The summed E-state index contributed by atoms with van der Waals surface area (Å²) in [4.78, 5) is 15.1. The van der Waals surface area contributed by atoms with Crippen LogP contribution < -0.4 is 14.8 Å². The van der Waals surface area contributed by atoms with Crippen molar-refractivity contribution in [1.82, 2.24) is 10.3 Å². The predicted molar refractivity (Wildman–Crippen MR) is 103 cm³/mol. The Morgan fingerprint density at radius 3 is 2.57 bits per heavy atom. The van der Waals surface area contributed by atoms with E-state index in [0.29, 0.717) is 21.9 Å². The highest BCUT2D eigenvalue weighted by Crippen LogP contribution is 2.35. The van der Waals surface area contributed by atoms with Crippen LogP contribution in [0.1, 0.15) is 17.5 Å². The summed E-state index contributed by atoms with van der Waals surface area (Å²) >= 11 is 5.75. The second kappa shape index (κ2) is 8.31. The van der Waals surface area contributed by atoms with E-state index in [1.165, 1.54) is 37.6 Å². The molecule has 1 aromatic carbocycles. The number of aromatic nitrogens is 1. The number of alkyl halides is 3. The van der Waals surface area contributed by atoms with Crippen LogP contribution in [0.3, 0.4) is 0 Å². The van der Waals surface area contributed by atoms with Crippen LogP contribution in [0, 0.1) is 0 Å². The fourth-order valence-corrected chi connectivity index (χ4v) is 4.69. The number of methoxy groups -OCH3 is 1. The molecule has 1 aliphatic rings. The number of sulfonamides is 1. The van der Waals surface area contributed by atoms with Gasteiger partial charge < -0.3 is 10.1 Å². The molecule has 0 aliphatic heterocycles. The van der Waals surface area contributed by atoms with Gasteiger partial charge in [0.2, 0.25) is 0 Å². The van der Waals surface area contributed by atoms with Crippen LogP contribution in [0.15, 0.2) is 35.4 Å². The number of ether oxygens (including phenoxy) is 1. The molecule has 0 fully saturated rings. The average molecular weight is 464 g/mol. The van der Waals surface area contributed by atoms with Gasteiger partial charge in [0.05, 0.1) is 17.0 Å². The van der Waals surface area contributed by atoms with Crippen molar-refractivity contribution in [2.45, 2.75) is 36.4 Å². The highest BCUT2D eigenvalue weighted by atomic mass is 35.5. The summed E-state index contributed by atoms with van der Waals surface area (Å²) in [5.41, 5.74) is 0.858. The number of carbonyl (C=O) groups excluding carboxylic acids is 1. The smallest absolute Gasteiger partial charge is 0.471 e. The maximum Gasteiger partial charge on any atom is 0.471 e. The second-order valence-electron chi connectivity index (χ2n) is 6.60. The van der Waals surface area contributed by atoms with Gasteiger partial charge in [-0.2, -0.15) is 13.2 Å². The Bertz CT molecular complexity index is 1060. The molecule has 1 aliphatic carbocycles. The standard InChI is InChI=1S/C18H17ClF3N3O4S/c1-29-14-5-6-15(30(27,28)25-16-7-2-10(19)9-23-16)12-4-3-11(8-13(12)14)24-17(26)18(20,21)22/h2,5-7,9,11H,3-4,8H2,1H3,(H,23,25)(H,24,26)/t11-/m0/s1. The Morgan fingerprint density at radius 1 is 1.23 bits per heavy atom. The molecular weight excluding hydrogens is 447 g/mol. The van der Waals surface area contributed by atoms with E-state index in [1.54, 1.807) is 0 Å². The molecule has 1 amide bonds. The van der Waals surface area contributed by atoms with E-state index in [4.69, 9.17) is 16.3 Å². The van der Waals surface area contributed by atoms with Crippen molar-refractivity contribution in [2.24, 2.45) is 0 Å². The van der Waals surface area contributed by atoms with Crippen LogP contribution >= 0.6 is 11.6 Å². The molecule has 0 spiro atoms. The second-order valence-corrected chi connectivity index (χ2v) is 8.69. The van der Waals surface area contributed by atoms with Crippen molar-refractivity contribution < 1.29 is 31.1 Å². The minimum absolute atomic E-state index is 0.00286. The Morgan fingerprint density at radius 2 is 1.97 bits per heavy atom. The van der Waals surface area contributed by atoms with Crippen LogP contribution in [0.4, 0.5) is 19.0 Å². The molecule has 12 heteroatoms. The summed E-state index contributed by atoms with van der Waals surface area (Å²) in [6.07, 6.45) is -3.42. The van der Waals surface area contributed by atoms with E-state index in [-0.39, 0.29) is 30.0 Å². The number of carbonyl (C=O) groups is 1. The van der Waals surface area contributed by atoms with E-state index in [0.717, 1.165) is 0 Å². The van der Waals surface area contributed by atoms with Gasteiger partial charge in [-0.15, -0.1) is 0 Å². The van der Waals surface area contributed by atoms with Gasteiger partial charge in [-0.1, -0.05) is 11.6 Å².